The van der Waals surface area contributed by atoms with Crippen LogP contribution in [0.5, 0.6) is 0 Å². The second-order valence-corrected chi connectivity index (χ2v) is 5.22. The fourth-order valence-electron chi connectivity index (χ4n) is 2.02. The van der Waals surface area contributed by atoms with Crippen molar-refractivity contribution in [1.82, 2.24) is 0 Å². The second-order valence-electron chi connectivity index (χ2n) is 4.12. The van der Waals surface area contributed by atoms with Crippen LogP contribution in [0.4, 0.5) is 5.69 Å². The number of fused-ring (bicyclic) bond motifs is 1. The van der Waals surface area contributed by atoms with Crippen LogP contribution in [0.2, 0.25) is 0 Å². The number of carbonyl (C=O) groups is 1. The summed E-state index contributed by atoms with van der Waals surface area (Å²) >= 11 is 1.68. The molecule has 1 aliphatic rings. The van der Waals surface area contributed by atoms with Crippen molar-refractivity contribution < 1.29 is 4.79 Å². The minimum atomic E-state index is 0.219. The number of nitrogens with two attached hydrogens (primary N) is 1. The van der Waals surface area contributed by atoms with E-state index in [0.717, 1.165) is 30.8 Å². The van der Waals surface area contributed by atoms with Gasteiger partial charge in [-0.15, -0.1) is 0 Å². The van der Waals surface area contributed by atoms with Gasteiger partial charge in [0.05, 0.1) is 5.75 Å². The number of anilines is 1. The Bertz CT molecular complexity index is 395. The highest BCUT2D eigenvalue weighted by Crippen LogP contribution is 2.27. The standard InChI is InChI=1S/C13H18N2OS/c14-7-3-9-17-10-13(16)15-8-6-11-4-1-2-5-12(11)15/h1-2,4-5H,3,6-10,14H2. The van der Waals surface area contributed by atoms with Crippen molar-refractivity contribution in [2.45, 2.75) is 12.8 Å². The SMILES string of the molecule is NCCCSCC(=O)N1CCc2ccccc21. The summed E-state index contributed by atoms with van der Waals surface area (Å²) in [5.41, 5.74) is 7.80. The molecule has 0 radical (unpaired) electrons. The molecule has 0 unspecified atom stereocenters. The molecule has 92 valence electrons. The zero-order valence-electron chi connectivity index (χ0n) is 9.89. The van der Waals surface area contributed by atoms with Crippen molar-refractivity contribution in [3.8, 4) is 0 Å². The molecule has 0 aliphatic carbocycles. The van der Waals surface area contributed by atoms with Crippen LogP contribution in [0.15, 0.2) is 24.3 Å². The lowest BCUT2D eigenvalue weighted by Crippen LogP contribution is -2.30. The van der Waals surface area contributed by atoms with Gasteiger partial charge in [0.1, 0.15) is 0 Å². The monoisotopic (exact) mass is 250 g/mol. The van der Waals surface area contributed by atoms with Crippen LogP contribution < -0.4 is 10.6 Å². The molecule has 17 heavy (non-hydrogen) atoms. The number of nitrogens with zero attached hydrogens (tertiary/aromatic N) is 1. The number of para-hydroxylation sites is 1. The highest BCUT2D eigenvalue weighted by Gasteiger charge is 2.23. The molecule has 0 spiro atoms. The fourth-order valence-corrected chi connectivity index (χ4v) is 2.87. The van der Waals surface area contributed by atoms with Gasteiger partial charge in [-0.3, -0.25) is 4.79 Å². The van der Waals surface area contributed by atoms with E-state index in [1.165, 1.54) is 5.56 Å². The van der Waals surface area contributed by atoms with Gasteiger partial charge in [0.25, 0.3) is 0 Å². The molecular weight excluding hydrogens is 232 g/mol. The molecule has 0 saturated carbocycles. The van der Waals surface area contributed by atoms with Crippen LogP contribution in [-0.4, -0.2) is 30.5 Å². The van der Waals surface area contributed by atoms with Crippen molar-refractivity contribution in [1.29, 1.82) is 0 Å². The summed E-state index contributed by atoms with van der Waals surface area (Å²) < 4.78 is 0. The minimum absolute atomic E-state index is 0.219. The molecule has 1 aliphatic heterocycles. The van der Waals surface area contributed by atoms with E-state index in [1.54, 1.807) is 11.8 Å². The minimum Gasteiger partial charge on any atom is -0.330 e. The molecular formula is C13H18N2OS. The average Bonchev–Trinajstić information content (AvgIpc) is 2.78. The van der Waals surface area contributed by atoms with E-state index in [9.17, 15) is 4.79 Å². The summed E-state index contributed by atoms with van der Waals surface area (Å²) in [5, 5.41) is 0. The summed E-state index contributed by atoms with van der Waals surface area (Å²) in [6.07, 6.45) is 1.96. The number of hydrogen-bond acceptors (Lipinski definition) is 3. The number of thioether (sulfide) groups is 1. The van der Waals surface area contributed by atoms with Gasteiger partial charge in [-0.2, -0.15) is 11.8 Å². The van der Waals surface area contributed by atoms with Crippen LogP contribution in [0.1, 0.15) is 12.0 Å². The van der Waals surface area contributed by atoms with Crippen LogP contribution in [0.25, 0.3) is 0 Å². The van der Waals surface area contributed by atoms with E-state index < -0.39 is 0 Å². The zero-order chi connectivity index (χ0) is 12.1. The Hall–Kier alpha value is -1.00. The van der Waals surface area contributed by atoms with Gasteiger partial charge < -0.3 is 10.6 Å². The van der Waals surface area contributed by atoms with Crippen molar-refractivity contribution in [3.63, 3.8) is 0 Å². The first kappa shape index (κ1) is 12.5. The van der Waals surface area contributed by atoms with E-state index in [-0.39, 0.29) is 5.91 Å². The maximum Gasteiger partial charge on any atom is 0.236 e. The van der Waals surface area contributed by atoms with Gasteiger partial charge in [0, 0.05) is 12.2 Å². The van der Waals surface area contributed by atoms with E-state index in [0.29, 0.717) is 12.3 Å². The lowest BCUT2D eigenvalue weighted by Gasteiger charge is -2.16. The van der Waals surface area contributed by atoms with Gasteiger partial charge in [-0.05, 0) is 36.8 Å². The summed E-state index contributed by atoms with van der Waals surface area (Å²) in [5.74, 6) is 1.75. The van der Waals surface area contributed by atoms with Crippen LogP contribution >= 0.6 is 11.8 Å². The third-order valence-corrected chi connectivity index (χ3v) is 3.93. The van der Waals surface area contributed by atoms with E-state index in [1.807, 2.05) is 23.1 Å². The van der Waals surface area contributed by atoms with Gasteiger partial charge in [-0.25, -0.2) is 0 Å². The van der Waals surface area contributed by atoms with E-state index in [2.05, 4.69) is 6.07 Å². The molecule has 0 saturated heterocycles. The van der Waals surface area contributed by atoms with Crippen molar-refractivity contribution >= 4 is 23.4 Å². The third kappa shape index (κ3) is 3.01. The first-order valence-electron chi connectivity index (χ1n) is 5.99. The molecule has 2 N–H and O–H groups in total. The van der Waals surface area contributed by atoms with Crippen LogP contribution in [0, 0.1) is 0 Å². The normalized spacial score (nSPS) is 13.8. The highest BCUT2D eigenvalue weighted by molar-refractivity contribution is 7.99. The first-order valence-corrected chi connectivity index (χ1v) is 7.14. The molecule has 0 fully saturated rings. The molecule has 1 amide bonds. The van der Waals surface area contributed by atoms with Gasteiger partial charge in [0.15, 0.2) is 0 Å². The maximum absolute atomic E-state index is 12.0. The molecule has 1 aromatic carbocycles. The lowest BCUT2D eigenvalue weighted by molar-refractivity contribution is -0.116. The Morgan fingerprint density at radius 3 is 3.06 bits per heavy atom. The van der Waals surface area contributed by atoms with Crippen molar-refractivity contribution in [2.24, 2.45) is 5.73 Å². The maximum atomic E-state index is 12.0. The highest BCUT2D eigenvalue weighted by atomic mass is 32.2. The number of rotatable bonds is 5. The smallest absolute Gasteiger partial charge is 0.236 e. The Labute approximate surface area is 106 Å². The van der Waals surface area contributed by atoms with Crippen molar-refractivity contribution in [3.05, 3.63) is 29.8 Å². The third-order valence-electron chi connectivity index (χ3n) is 2.91. The van der Waals surface area contributed by atoms with Crippen molar-refractivity contribution in [2.75, 3.05) is 29.5 Å². The molecule has 0 atom stereocenters. The summed E-state index contributed by atoms with van der Waals surface area (Å²) in [6, 6.07) is 8.16. The molecule has 0 aromatic heterocycles. The molecule has 1 aromatic rings. The van der Waals surface area contributed by atoms with Crippen LogP contribution in [-0.2, 0) is 11.2 Å². The largest absolute Gasteiger partial charge is 0.330 e. The molecule has 0 bridgehead atoms. The number of carbonyl (C=O) groups excluding carboxylic acids is 1. The Morgan fingerprint density at radius 1 is 1.41 bits per heavy atom. The number of hydrogen-bond donors (Lipinski definition) is 1. The van der Waals surface area contributed by atoms with E-state index in [4.69, 9.17) is 5.73 Å². The Balaban J connectivity index is 1.89. The summed E-state index contributed by atoms with van der Waals surface area (Å²) in [7, 11) is 0. The Kier molecular flexibility index (Phi) is 4.45. The predicted octanol–water partition coefficient (Wildman–Crippen LogP) is 1.66. The quantitative estimate of drug-likeness (QED) is 0.808. The summed E-state index contributed by atoms with van der Waals surface area (Å²) in [6.45, 7) is 1.53. The van der Waals surface area contributed by atoms with Crippen LogP contribution in [0.3, 0.4) is 0 Å². The van der Waals surface area contributed by atoms with Gasteiger partial charge >= 0.3 is 0 Å². The fraction of sp³-hybridized carbons (Fsp3) is 0.462. The predicted molar refractivity (Wildman–Crippen MR) is 73.5 cm³/mol. The second kappa shape index (κ2) is 6.07. The molecule has 2 rings (SSSR count). The molecule has 1 heterocycles. The lowest BCUT2D eigenvalue weighted by atomic mass is 10.2. The number of benzene rings is 1. The zero-order valence-corrected chi connectivity index (χ0v) is 10.7. The first-order chi connectivity index (χ1) is 8.33. The topological polar surface area (TPSA) is 46.3 Å². The average molecular weight is 250 g/mol. The van der Waals surface area contributed by atoms with Gasteiger partial charge in [0.2, 0.25) is 5.91 Å². The molecule has 4 heteroatoms. The summed E-state index contributed by atoms with van der Waals surface area (Å²) in [4.78, 5) is 14.0. The number of amides is 1. The van der Waals surface area contributed by atoms with E-state index >= 15 is 0 Å². The van der Waals surface area contributed by atoms with Gasteiger partial charge in [-0.1, -0.05) is 18.2 Å². The Morgan fingerprint density at radius 2 is 2.24 bits per heavy atom. The molecule has 3 nitrogen and oxygen atoms in total.